The first-order valence-electron chi connectivity index (χ1n) is 6.77. The molecule has 0 amide bonds. The maximum absolute atomic E-state index is 12.5. The van der Waals surface area contributed by atoms with E-state index in [1.165, 1.54) is 4.31 Å². The van der Waals surface area contributed by atoms with Crippen LogP contribution in [0.2, 0.25) is 0 Å². The van der Waals surface area contributed by atoms with E-state index in [0.717, 1.165) is 12.0 Å². The molecule has 0 saturated carbocycles. The van der Waals surface area contributed by atoms with Crippen molar-refractivity contribution in [3.63, 3.8) is 0 Å². The highest BCUT2D eigenvalue weighted by atomic mass is 32.2. The molecule has 1 atom stereocenters. The largest absolute Gasteiger partial charge is 0.481 e. The number of hydrogen-bond donors (Lipinski definition) is 1. The molecule has 1 N–H and O–H groups in total. The molecule has 0 spiro atoms. The third-order valence-corrected chi connectivity index (χ3v) is 5.58. The summed E-state index contributed by atoms with van der Waals surface area (Å²) >= 11 is 0. The molecule has 6 heteroatoms. The zero-order valence-corrected chi connectivity index (χ0v) is 12.3. The molecule has 5 nitrogen and oxygen atoms in total. The highest BCUT2D eigenvalue weighted by Gasteiger charge is 2.33. The van der Waals surface area contributed by atoms with Gasteiger partial charge in [0.05, 0.1) is 10.8 Å². The van der Waals surface area contributed by atoms with Gasteiger partial charge in [0.15, 0.2) is 0 Å². The predicted molar refractivity (Wildman–Crippen MR) is 74.9 cm³/mol. The minimum Gasteiger partial charge on any atom is -0.481 e. The molecular weight excluding hydrogens is 278 g/mol. The number of carboxylic acids is 1. The highest BCUT2D eigenvalue weighted by molar-refractivity contribution is 7.89. The molecule has 1 aliphatic heterocycles. The molecule has 1 aromatic carbocycles. The summed E-state index contributed by atoms with van der Waals surface area (Å²) in [5, 5.41) is 9.04. The number of carbonyl (C=O) groups is 1. The molecule has 2 rings (SSSR count). The molecule has 0 aromatic heterocycles. The van der Waals surface area contributed by atoms with Crippen molar-refractivity contribution in [3.8, 4) is 0 Å². The molecule has 1 saturated heterocycles. The topological polar surface area (TPSA) is 74.7 Å². The highest BCUT2D eigenvalue weighted by Crippen LogP contribution is 2.24. The Bertz CT molecular complexity index is 580. The van der Waals surface area contributed by atoms with Crippen molar-refractivity contribution in [2.45, 2.75) is 31.1 Å². The molecule has 20 heavy (non-hydrogen) atoms. The zero-order valence-electron chi connectivity index (χ0n) is 11.4. The van der Waals surface area contributed by atoms with Gasteiger partial charge >= 0.3 is 5.97 Å². The van der Waals surface area contributed by atoms with Gasteiger partial charge in [0, 0.05) is 13.1 Å². The molecule has 1 aliphatic rings. The molecule has 0 bridgehead atoms. The summed E-state index contributed by atoms with van der Waals surface area (Å²) in [5.41, 5.74) is 1.08. The van der Waals surface area contributed by atoms with Gasteiger partial charge in [-0.2, -0.15) is 4.31 Å². The van der Waals surface area contributed by atoms with Crippen LogP contribution in [-0.2, 0) is 21.2 Å². The Hall–Kier alpha value is -1.40. The lowest BCUT2D eigenvalue weighted by molar-refractivity contribution is -0.142. The molecule has 1 fully saturated rings. The second-order valence-corrected chi connectivity index (χ2v) is 6.98. The van der Waals surface area contributed by atoms with E-state index in [0.29, 0.717) is 19.4 Å². The van der Waals surface area contributed by atoms with Crippen LogP contribution in [0.1, 0.15) is 25.3 Å². The normalized spacial score (nSPS) is 20.8. The van der Waals surface area contributed by atoms with E-state index >= 15 is 0 Å². The predicted octanol–water partition coefficient (Wildman–Crippen LogP) is 1.73. The number of nitrogens with zero attached hydrogens (tertiary/aromatic N) is 1. The Morgan fingerprint density at radius 1 is 1.35 bits per heavy atom. The van der Waals surface area contributed by atoms with Gasteiger partial charge in [-0.15, -0.1) is 0 Å². The van der Waals surface area contributed by atoms with E-state index in [1.54, 1.807) is 24.3 Å². The van der Waals surface area contributed by atoms with Crippen LogP contribution in [0.4, 0.5) is 0 Å². The maximum atomic E-state index is 12.5. The first-order valence-corrected chi connectivity index (χ1v) is 8.21. The average Bonchev–Trinajstić information content (AvgIpc) is 2.47. The quantitative estimate of drug-likeness (QED) is 0.918. The van der Waals surface area contributed by atoms with Crippen molar-refractivity contribution < 1.29 is 18.3 Å². The first-order chi connectivity index (χ1) is 9.45. The van der Waals surface area contributed by atoms with Crippen molar-refractivity contribution in [1.29, 1.82) is 0 Å². The number of hydrogen-bond acceptors (Lipinski definition) is 3. The SMILES string of the molecule is CCc1ccc(S(=O)(=O)N2CCCC(C(=O)O)C2)cc1. The Balaban J connectivity index is 2.22. The van der Waals surface area contributed by atoms with E-state index in [-0.39, 0.29) is 11.4 Å². The Labute approximate surface area is 119 Å². The lowest BCUT2D eigenvalue weighted by atomic mass is 10.0. The van der Waals surface area contributed by atoms with E-state index < -0.39 is 21.9 Å². The Kier molecular flexibility index (Phi) is 4.45. The van der Waals surface area contributed by atoms with Gasteiger partial charge in [0.25, 0.3) is 0 Å². The molecule has 1 aromatic rings. The minimum atomic E-state index is -3.58. The number of sulfonamides is 1. The molecule has 0 aliphatic carbocycles. The lowest BCUT2D eigenvalue weighted by Gasteiger charge is -2.29. The fourth-order valence-corrected chi connectivity index (χ4v) is 3.93. The van der Waals surface area contributed by atoms with Crippen molar-refractivity contribution in [1.82, 2.24) is 4.31 Å². The number of carboxylic acid groups (broad SMARTS) is 1. The Morgan fingerprint density at radius 3 is 2.55 bits per heavy atom. The number of piperidine rings is 1. The van der Waals surface area contributed by atoms with E-state index in [2.05, 4.69) is 0 Å². The monoisotopic (exact) mass is 297 g/mol. The molecule has 1 unspecified atom stereocenters. The van der Waals surface area contributed by atoms with Crippen LogP contribution in [0.15, 0.2) is 29.2 Å². The van der Waals surface area contributed by atoms with Crippen LogP contribution >= 0.6 is 0 Å². The van der Waals surface area contributed by atoms with Crippen LogP contribution in [0.3, 0.4) is 0 Å². The van der Waals surface area contributed by atoms with Crippen molar-refractivity contribution in [2.75, 3.05) is 13.1 Å². The fraction of sp³-hybridized carbons (Fsp3) is 0.500. The second-order valence-electron chi connectivity index (χ2n) is 5.04. The summed E-state index contributed by atoms with van der Waals surface area (Å²) in [6, 6.07) is 6.79. The van der Waals surface area contributed by atoms with E-state index in [4.69, 9.17) is 5.11 Å². The third kappa shape index (κ3) is 3.02. The van der Waals surface area contributed by atoms with Crippen molar-refractivity contribution >= 4 is 16.0 Å². The summed E-state index contributed by atoms with van der Waals surface area (Å²) in [5.74, 6) is -1.53. The van der Waals surface area contributed by atoms with Crippen LogP contribution in [0, 0.1) is 5.92 Å². The second kappa shape index (κ2) is 5.93. The molecule has 1 heterocycles. The molecule has 0 radical (unpaired) electrons. The lowest BCUT2D eigenvalue weighted by Crippen LogP contribution is -2.42. The maximum Gasteiger partial charge on any atom is 0.307 e. The third-order valence-electron chi connectivity index (χ3n) is 3.70. The zero-order chi connectivity index (χ0) is 14.8. The summed E-state index contributed by atoms with van der Waals surface area (Å²) in [6.07, 6.45) is 1.98. The minimum absolute atomic E-state index is 0.0627. The van der Waals surface area contributed by atoms with Gasteiger partial charge in [-0.05, 0) is 37.0 Å². The number of benzene rings is 1. The molecular formula is C14H19NO4S. The van der Waals surface area contributed by atoms with Crippen LogP contribution < -0.4 is 0 Å². The van der Waals surface area contributed by atoms with Crippen LogP contribution in [0.25, 0.3) is 0 Å². The van der Waals surface area contributed by atoms with Crippen LogP contribution in [-0.4, -0.2) is 36.9 Å². The Morgan fingerprint density at radius 2 is 2.00 bits per heavy atom. The smallest absolute Gasteiger partial charge is 0.307 e. The van der Waals surface area contributed by atoms with E-state index in [9.17, 15) is 13.2 Å². The van der Waals surface area contributed by atoms with Crippen molar-refractivity contribution in [2.24, 2.45) is 5.92 Å². The number of aryl methyl sites for hydroxylation is 1. The fourth-order valence-electron chi connectivity index (χ4n) is 2.41. The van der Waals surface area contributed by atoms with Crippen molar-refractivity contribution in [3.05, 3.63) is 29.8 Å². The van der Waals surface area contributed by atoms with Gasteiger partial charge in [-0.1, -0.05) is 19.1 Å². The molecule has 110 valence electrons. The standard InChI is InChI=1S/C14H19NO4S/c1-2-11-5-7-13(8-6-11)20(18,19)15-9-3-4-12(10-15)14(16)17/h5-8,12H,2-4,9-10H2,1H3,(H,16,17). The summed E-state index contributed by atoms with van der Waals surface area (Å²) < 4.78 is 26.3. The first kappa shape index (κ1) is 15.0. The van der Waals surface area contributed by atoms with Gasteiger partial charge in [-0.3, -0.25) is 4.79 Å². The summed E-state index contributed by atoms with van der Waals surface area (Å²) in [4.78, 5) is 11.3. The van der Waals surface area contributed by atoms with Crippen LogP contribution in [0.5, 0.6) is 0 Å². The van der Waals surface area contributed by atoms with Gasteiger partial charge in [0.2, 0.25) is 10.0 Å². The van der Waals surface area contributed by atoms with Gasteiger partial charge < -0.3 is 5.11 Å². The number of aliphatic carboxylic acids is 1. The van der Waals surface area contributed by atoms with Gasteiger partial charge in [-0.25, -0.2) is 8.42 Å². The number of rotatable bonds is 4. The summed E-state index contributed by atoms with van der Waals surface area (Å²) in [6.45, 7) is 2.46. The van der Waals surface area contributed by atoms with E-state index in [1.807, 2.05) is 6.92 Å². The van der Waals surface area contributed by atoms with Gasteiger partial charge in [0.1, 0.15) is 0 Å². The average molecular weight is 297 g/mol. The summed E-state index contributed by atoms with van der Waals surface area (Å²) in [7, 11) is -3.58.